The molecule has 5 heteroatoms. The van der Waals surface area contributed by atoms with Gasteiger partial charge in [-0.2, -0.15) is 0 Å². The van der Waals surface area contributed by atoms with Gasteiger partial charge in [0.25, 0.3) is 0 Å². The number of aromatic hydroxyl groups is 1. The molecule has 15 heavy (non-hydrogen) atoms. The van der Waals surface area contributed by atoms with E-state index in [1.165, 1.54) is 6.07 Å². The lowest BCUT2D eigenvalue weighted by molar-refractivity contribution is 0.0188. The second-order valence-corrected chi connectivity index (χ2v) is 3.27. The molecule has 0 spiro atoms. The molecule has 0 aliphatic rings. The third-order valence-corrected chi connectivity index (χ3v) is 2.09. The summed E-state index contributed by atoms with van der Waals surface area (Å²) in [6.07, 6.45) is -2.29. The summed E-state index contributed by atoms with van der Waals surface area (Å²) in [5.74, 6) is -0.954. The van der Waals surface area contributed by atoms with Gasteiger partial charge in [-0.15, -0.1) is 0 Å². The third-order valence-electron chi connectivity index (χ3n) is 2.09. The summed E-state index contributed by atoms with van der Waals surface area (Å²) in [5, 5.41) is 31.1. The van der Waals surface area contributed by atoms with Crippen LogP contribution in [-0.2, 0) is 0 Å². The Bertz CT molecular complexity index is 332. The fourth-order valence-corrected chi connectivity index (χ4v) is 1.29. The Labute approximate surface area is 87.0 Å². The fraction of sp³-hybridized carbons (Fsp3) is 0.400. The maximum absolute atomic E-state index is 12.6. The first kappa shape index (κ1) is 11.9. The van der Waals surface area contributed by atoms with Gasteiger partial charge in [0, 0.05) is 18.2 Å². The number of rotatable bonds is 4. The Morgan fingerprint density at radius 1 is 1.40 bits per heavy atom. The Hall–Kier alpha value is -1.17. The van der Waals surface area contributed by atoms with E-state index in [9.17, 15) is 19.7 Å². The van der Waals surface area contributed by atoms with Crippen LogP contribution in [0.5, 0.6) is 5.75 Å². The molecule has 0 fully saturated rings. The number of hydrogen-bond donors (Lipinski definition) is 4. The van der Waals surface area contributed by atoms with Gasteiger partial charge in [-0.05, 0) is 19.2 Å². The van der Waals surface area contributed by atoms with Crippen molar-refractivity contribution in [3.05, 3.63) is 29.6 Å². The maximum Gasteiger partial charge on any atom is 0.126 e. The second kappa shape index (κ2) is 5.06. The number of likely N-dealkylation sites (N-methyl/N-ethyl adjacent to an activating group) is 1. The van der Waals surface area contributed by atoms with Crippen molar-refractivity contribution in [2.24, 2.45) is 0 Å². The average Bonchev–Trinajstić information content (AvgIpc) is 2.17. The van der Waals surface area contributed by atoms with Crippen LogP contribution in [0.25, 0.3) is 0 Å². The Morgan fingerprint density at radius 3 is 2.60 bits per heavy atom. The van der Waals surface area contributed by atoms with E-state index in [0.717, 1.165) is 12.1 Å². The summed E-state index contributed by atoms with van der Waals surface area (Å²) in [4.78, 5) is 0. The molecule has 1 aromatic rings. The normalized spacial score (nSPS) is 14.9. The quantitative estimate of drug-likeness (QED) is 0.576. The van der Waals surface area contributed by atoms with Gasteiger partial charge < -0.3 is 20.6 Å². The number of aliphatic hydroxyl groups excluding tert-OH is 2. The van der Waals surface area contributed by atoms with Crippen molar-refractivity contribution in [2.75, 3.05) is 13.6 Å². The molecule has 0 heterocycles. The summed E-state index contributed by atoms with van der Waals surface area (Å²) in [7, 11) is 1.63. The average molecular weight is 215 g/mol. The summed E-state index contributed by atoms with van der Waals surface area (Å²) in [6.45, 7) is 0.179. The zero-order valence-corrected chi connectivity index (χ0v) is 8.31. The van der Waals surface area contributed by atoms with E-state index < -0.39 is 18.0 Å². The molecular weight excluding hydrogens is 201 g/mol. The number of phenols is 1. The van der Waals surface area contributed by atoms with Crippen molar-refractivity contribution >= 4 is 0 Å². The van der Waals surface area contributed by atoms with Crippen LogP contribution >= 0.6 is 0 Å². The maximum atomic E-state index is 12.6. The molecule has 1 aromatic carbocycles. The van der Waals surface area contributed by atoms with Gasteiger partial charge in [-0.1, -0.05) is 0 Å². The van der Waals surface area contributed by atoms with E-state index in [1.807, 2.05) is 0 Å². The van der Waals surface area contributed by atoms with Gasteiger partial charge in [0.1, 0.15) is 17.7 Å². The highest BCUT2D eigenvalue weighted by molar-refractivity contribution is 5.34. The Balaban J connectivity index is 2.86. The third kappa shape index (κ3) is 2.89. The molecule has 2 unspecified atom stereocenters. The van der Waals surface area contributed by atoms with Crippen molar-refractivity contribution in [3.63, 3.8) is 0 Å². The highest BCUT2D eigenvalue weighted by Crippen LogP contribution is 2.26. The first-order chi connectivity index (χ1) is 7.06. The van der Waals surface area contributed by atoms with Crippen molar-refractivity contribution in [1.82, 2.24) is 5.32 Å². The van der Waals surface area contributed by atoms with Crippen molar-refractivity contribution < 1.29 is 19.7 Å². The van der Waals surface area contributed by atoms with Crippen LogP contribution in [0, 0.1) is 5.82 Å². The van der Waals surface area contributed by atoms with Crippen molar-refractivity contribution in [2.45, 2.75) is 12.2 Å². The molecule has 0 bridgehead atoms. The highest BCUT2D eigenvalue weighted by Gasteiger charge is 2.20. The van der Waals surface area contributed by atoms with Crippen LogP contribution in [0.2, 0.25) is 0 Å². The van der Waals surface area contributed by atoms with Gasteiger partial charge in [-0.3, -0.25) is 0 Å². The predicted molar refractivity (Wildman–Crippen MR) is 53.0 cm³/mol. The lowest BCUT2D eigenvalue weighted by Crippen LogP contribution is -2.29. The van der Waals surface area contributed by atoms with E-state index in [1.54, 1.807) is 7.05 Å². The number of benzene rings is 1. The van der Waals surface area contributed by atoms with Crippen LogP contribution in [0.1, 0.15) is 11.7 Å². The molecule has 1 rings (SSSR count). The van der Waals surface area contributed by atoms with Crippen molar-refractivity contribution in [3.8, 4) is 5.75 Å². The fourth-order valence-electron chi connectivity index (χ4n) is 1.29. The number of aliphatic hydroxyl groups is 2. The molecule has 0 aliphatic carbocycles. The largest absolute Gasteiger partial charge is 0.507 e. The van der Waals surface area contributed by atoms with E-state index >= 15 is 0 Å². The van der Waals surface area contributed by atoms with Crippen LogP contribution in [0.15, 0.2) is 18.2 Å². The zero-order valence-electron chi connectivity index (χ0n) is 8.31. The highest BCUT2D eigenvalue weighted by atomic mass is 19.1. The summed E-state index contributed by atoms with van der Waals surface area (Å²) < 4.78 is 12.6. The van der Waals surface area contributed by atoms with Gasteiger partial charge in [-0.25, -0.2) is 4.39 Å². The molecule has 84 valence electrons. The smallest absolute Gasteiger partial charge is 0.126 e. The summed E-state index contributed by atoms with van der Waals surface area (Å²) in [5.41, 5.74) is 0.110. The lowest BCUT2D eigenvalue weighted by atomic mass is 10.0. The van der Waals surface area contributed by atoms with Gasteiger partial charge >= 0.3 is 0 Å². The monoisotopic (exact) mass is 215 g/mol. The molecular formula is C10H14FNO3. The van der Waals surface area contributed by atoms with Gasteiger partial charge in [0.15, 0.2) is 0 Å². The second-order valence-electron chi connectivity index (χ2n) is 3.27. The van der Waals surface area contributed by atoms with E-state index in [4.69, 9.17) is 0 Å². The van der Waals surface area contributed by atoms with E-state index in [0.29, 0.717) is 0 Å². The number of phenolic OH excluding ortho intramolecular Hbond substituents is 1. The molecule has 0 saturated heterocycles. The molecule has 0 radical (unpaired) electrons. The van der Waals surface area contributed by atoms with E-state index in [2.05, 4.69) is 5.32 Å². The predicted octanol–water partition coefficient (Wildman–Crippen LogP) is 0.145. The Morgan fingerprint density at radius 2 is 2.07 bits per heavy atom. The molecule has 0 aromatic heterocycles. The molecule has 0 aliphatic heterocycles. The van der Waals surface area contributed by atoms with Crippen molar-refractivity contribution in [1.29, 1.82) is 0 Å². The SMILES string of the molecule is CNCC(O)C(O)c1ccc(F)cc1O. The minimum absolute atomic E-state index is 0.110. The van der Waals surface area contributed by atoms with Crippen LogP contribution in [0.4, 0.5) is 4.39 Å². The number of hydrogen-bond acceptors (Lipinski definition) is 4. The molecule has 2 atom stereocenters. The standard InChI is InChI=1S/C10H14FNO3/c1-12-5-9(14)10(15)7-3-2-6(11)4-8(7)13/h2-4,9-10,12-15H,5H2,1H3. The zero-order chi connectivity index (χ0) is 11.4. The summed E-state index contributed by atoms with van der Waals surface area (Å²) in [6, 6.07) is 3.25. The minimum Gasteiger partial charge on any atom is -0.507 e. The molecule has 0 amide bonds. The van der Waals surface area contributed by atoms with Gasteiger partial charge in [0.2, 0.25) is 0 Å². The van der Waals surface area contributed by atoms with Crippen LogP contribution < -0.4 is 5.32 Å². The molecule has 4 N–H and O–H groups in total. The lowest BCUT2D eigenvalue weighted by Gasteiger charge is -2.18. The Kier molecular flexibility index (Phi) is 4.02. The number of halogens is 1. The van der Waals surface area contributed by atoms with Gasteiger partial charge in [0.05, 0.1) is 6.10 Å². The minimum atomic E-state index is -1.24. The van der Waals surface area contributed by atoms with Crippen LogP contribution in [-0.4, -0.2) is 35.0 Å². The van der Waals surface area contributed by atoms with E-state index in [-0.39, 0.29) is 17.9 Å². The first-order valence-electron chi connectivity index (χ1n) is 4.55. The summed E-state index contributed by atoms with van der Waals surface area (Å²) >= 11 is 0. The number of nitrogens with one attached hydrogen (secondary N) is 1. The molecule has 0 saturated carbocycles. The first-order valence-corrected chi connectivity index (χ1v) is 4.55. The molecule has 4 nitrogen and oxygen atoms in total. The van der Waals surface area contributed by atoms with Crippen LogP contribution in [0.3, 0.4) is 0 Å². The topological polar surface area (TPSA) is 72.7 Å².